The third-order valence-corrected chi connectivity index (χ3v) is 1.98. The van der Waals surface area contributed by atoms with Gasteiger partial charge in [0.15, 0.2) is 5.78 Å². The summed E-state index contributed by atoms with van der Waals surface area (Å²) in [6.45, 7) is -0.171. The van der Waals surface area contributed by atoms with E-state index in [0.29, 0.717) is 6.07 Å². The zero-order valence-electron chi connectivity index (χ0n) is 8.10. The Balaban J connectivity index is 2.21. The van der Waals surface area contributed by atoms with Crippen LogP contribution in [0.1, 0.15) is 10.4 Å². The molecule has 0 saturated heterocycles. The number of halogens is 2. The predicted molar refractivity (Wildman–Crippen MR) is 50.7 cm³/mol. The van der Waals surface area contributed by atoms with Crippen molar-refractivity contribution < 1.29 is 13.6 Å². The number of hydrogen-bond donors (Lipinski definition) is 0. The minimum absolute atomic E-state index is 0.168. The van der Waals surface area contributed by atoms with Crippen LogP contribution in [-0.4, -0.2) is 20.8 Å². The summed E-state index contributed by atoms with van der Waals surface area (Å²) in [6, 6.07) is 2.81. The number of hydrogen-bond acceptors (Lipinski definition) is 3. The molecule has 1 aromatic carbocycles. The highest BCUT2D eigenvalue weighted by atomic mass is 19.1. The number of benzene rings is 1. The number of Topliss-reactive ketones (excluding diaryl/α,β-unsaturated/α-hetero) is 1. The van der Waals surface area contributed by atoms with Gasteiger partial charge in [0.1, 0.15) is 18.2 Å². The molecule has 2 aromatic rings. The maximum absolute atomic E-state index is 13.2. The van der Waals surface area contributed by atoms with E-state index < -0.39 is 17.4 Å². The number of rotatable bonds is 3. The lowest BCUT2D eigenvalue weighted by Gasteiger charge is -2.01. The lowest BCUT2D eigenvalue weighted by Crippen LogP contribution is -2.14. The van der Waals surface area contributed by atoms with E-state index in [2.05, 4.69) is 10.2 Å². The molecular weight excluding hydrogens is 216 g/mol. The molecule has 0 amide bonds. The third kappa shape index (κ3) is 2.10. The summed E-state index contributed by atoms with van der Waals surface area (Å²) in [5, 5.41) is 7.43. The van der Waals surface area contributed by atoms with E-state index in [1.54, 1.807) is 0 Å². The molecule has 16 heavy (non-hydrogen) atoms. The molecule has 82 valence electrons. The monoisotopic (exact) mass is 223 g/mol. The van der Waals surface area contributed by atoms with Crippen molar-refractivity contribution in [2.75, 3.05) is 0 Å². The summed E-state index contributed by atoms with van der Waals surface area (Å²) < 4.78 is 25.8. The van der Waals surface area contributed by atoms with Gasteiger partial charge in [0, 0.05) is 6.07 Å². The van der Waals surface area contributed by atoms with Gasteiger partial charge >= 0.3 is 0 Å². The number of nitrogens with zero attached hydrogens (tertiary/aromatic N) is 3. The molecule has 0 aliphatic heterocycles. The normalized spacial score (nSPS) is 10.4. The van der Waals surface area contributed by atoms with Crippen molar-refractivity contribution in [2.45, 2.75) is 6.54 Å². The van der Waals surface area contributed by atoms with Crippen LogP contribution in [0, 0.1) is 11.6 Å². The van der Waals surface area contributed by atoms with Gasteiger partial charge in [-0.2, -0.15) is 15.0 Å². The van der Waals surface area contributed by atoms with Gasteiger partial charge in [0.2, 0.25) is 0 Å². The first kappa shape index (κ1) is 10.4. The van der Waals surface area contributed by atoms with Crippen molar-refractivity contribution in [3.05, 3.63) is 47.8 Å². The van der Waals surface area contributed by atoms with E-state index in [1.165, 1.54) is 12.4 Å². The number of ketones is 1. The second kappa shape index (κ2) is 4.18. The van der Waals surface area contributed by atoms with Gasteiger partial charge in [-0.15, -0.1) is 0 Å². The maximum atomic E-state index is 13.2. The van der Waals surface area contributed by atoms with Gasteiger partial charge in [0.05, 0.1) is 18.0 Å². The average molecular weight is 223 g/mol. The van der Waals surface area contributed by atoms with Crippen LogP contribution in [0.4, 0.5) is 8.78 Å². The lowest BCUT2D eigenvalue weighted by atomic mass is 10.1. The summed E-state index contributed by atoms with van der Waals surface area (Å²) in [7, 11) is 0. The van der Waals surface area contributed by atoms with Crippen LogP contribution in [0.3, 0.4) is 0 Å². The van der Waals surface area contributed by atoms with E-state index in [0.717, 1.165) is 16.9 Å². The van der Waals surface area contributed by atoms with Crippen molar-refractivity contribution in [2.24, 2.45) is 0 Å². The van der Waals surface area contributed by atoms with E-state index in [1.807, 2.05) is 0 Å². The van der Waals surface area contributed by atoms with Crippen LogP contribution in [0.25, 0.3) is 0 Å². The van der Waals surface area contributed by atoms with Crippen molar-refractivity contribution in [3.63, 3.8) is 0 Å². The maximum Gasteiger partial charge on any atom is 0.189 e. The van der Waals surface area contributed by atoms with E-state index in [-0.39, 0.29) is 12.1 Å². The standard InChI is InChI=1S/C10H7F2N3O/c11-7-1-2-8(9(12)5-7)10(16)6-15-13-3-4-14-15/h1-5H,6H2. The van der Waals surface area contributed by atoms with Gasteiger partial charge in [0.25, 0.3) is 0 Å². The zero-order chi connectivity index (χ0) is 11.5. The van der Waals surface area contributed by atoms with Crippen molar-refractivity contribution in [1.29, 1.82) is 0 Å². The molecule has 0 unspecified atom stereocenters. The second-order valence-electron chi connectivity index (χ2n) is 3.11. The van der Waals surface area contributed by atoms with Crippen molar-refractivity contribution in [3.8, 4) is 0 Å². The van der Waals surface area contributed by atoms with Crippen LogP contribution in [0.2, 0.25) is 0 Å². The Bertz CT molecular complexity index is 511. The van der Waals surface area contributed by atoms with E-state index in [9.17, 15) is 13.6 Å². The van der Waals surface area contributed by atoms with Crippen LogP contribution in [0.15, 0.2) is 30.6 Å². The molecule has 0 spiro atoms. The molecule has 1 heterocycles. The molecular formula is C10H7F2N3O. The molecule has 0 aliphatic carbocycles. The first-order chi connectivity index (χ1) is 7.66. The summed E-state index contributed by atoms with van der Waals surface area (Å²) in [6.07, 6.45) is 2.82. The van der Waals surface area contributed by atoms with Crippen molar-refractivity contribution >= 4 is 5.78 Å². The average Bonchev–Trinajstić information content (AvgIpc) is 2.70. The first-order valence-corrected chi connectivity index (χ1v) is 4.49. The summed E-state index contributed by atoms with van der Waals surface area (Å²) in [5.74, 6) is -2.10. The largest absolute Gasteiger partial charge is 0.292 e. The Morgan fingerprint density at radius 1 is 1.25 bits per heavy atom. The summed E-state index contributed by atoms with van der Waals surface area (Å²) >= 11 is 0. The number of aromatic nitrogens is 3. The minimum Gasteiger partial charge on any atom is -0.292 e. The van der Waals surface area contributed by atoms with Gasteiger partial charge in [-0.05, 0) is 12.1 Å². The van der Waals surface area contributed by atoms with Gasteiger partial charge in [-0.1, -0.05) is 0 Å². The quantitative estimate of drug-likeness (QED) is 0.740. The predicted octanol–water partition coefficient (Wildman–Crippen LogP) is 1.44. The highest BCUT2D eigenvalue weighted by molar-refractivity contribution is 5.96. The molecule has 1 aromatic heterocycles. The third-order valence-electron chi connectivity index (χ3n) is 1.98. The summed E-state index contributed by atoms with van der Waals surface area (Å²) in [5.41, 5.74) is -0.168. The fourth-order valence-corrected chi connectivity index (χ4v) is 1.25. The van der Waals surface area contributed by atoms with Crippen LogP contribution < -0.4 is 0 Å². The molecule has 0 aliphatic rings. The Kier molecular flexibility index (Phi) is 2.72. The highest BCUT2D eigenvalue weighted by Crippen LogP contribution is 2.10. The molecule has 0 N–H and O–H groups in total. The lowest BCUT2D eigenvalue weighted by molar-refractivity contribution is 0.0958. The minimum atomic E-state index is -0.878. The Morgan fingerprint density at radius 3 is 2.56 bits per heavy atom. The van der Waals surface area contributed by atoms with Gasteiger partial charge in [-0.25, -0.2) is 8.78 Å². The molecule has 0 fully saturated rings. The van der Waals surface area contributed by atoms with Gasteiger partial charge < -0.3 is 0 Å². The van der Waals surface area contributed by atoms with Crippen LogP contribution in [0.5, 0.6) is 0 Å². The second-order valence-corrected chi connectivity index (χ2v) is 3.11. The Morgan fingerprint density at radius 2 is 1.94 bits per heavy atom. The molecule has 2 rings (SSSR count). The molecule has 6 heteroatoms. The zero-order valence-corrected chi connectivity index (χ0v) is 8.10. The van der Waals surface area contributed by atoms with Gasteiger partial charge in [-0.3, -0.25) is 4.79 Å². The van der Waals surface area contributed by atoms with Crippen LogP contribution in [-0.2, 0) is 6.54 Å². The molecule has 4 nitrogen and oxygen atoms in total. The smallest absolute Gasteiger partial charge is 0.189 e. The number of carbonyl (C=O) groups is 1. The fourth-order valence-electron chi connectivity index (χ4n) is 1.25. The van der Waals surface area contributed by atoms with Crippen LogP contribution >= 0.6 is 0 Å². The van der Waals surface area contributed by atoms with Crippen molar-refractivity contribution in [1.82, 2.24) is 15.0 Å². The van der Waals surface area contributed by atoms with E-state index in [4.69, 9.17) is 0 Å². The fraction of sp³-hybridized carbons (Fsp3) is 0.100. The first-order valence-electron chi connectivity index (χ1n) is 4.49. The molecule has 0 saturated carbocycles. The Hall–Kier alpha value is -2.11. The number of carbonyl (C=O) groups excluding carboxylic acids is 1. The molecule has 0 bridgehead atoms. The Labute approximate surface area is 89.5 Å². The SMILES string of the molecule is O=C(Cn1nccn1)c1ccc(F)cc1F. The summed E-state index contributed by atoms with van der Waals surface area (Å²) in [4.78, 5) is 12.7. The van der Waals surface area contributed by atoms with E-state index >= 15 is 0 Å². The highest BCUT2D eigenvalue weighted by Gasteiger charge is 2.13. The molecule has 0 radical (unpaired) electrons. The molecule has 0 atom stereocenters. The topological polar surface area (TPSA) is 47.8 Å².